The number of imide groups is 1. The Hall–Kier alpha value is -3.22. The summed E-state index contributed by atoms with van der Waals surface area (Å²) in [4.78, 5) is 33.6. The highest BCUT2D eigenvalue weighted by atomic mass is 35.5. The van der Waals surface area contributed by atoms with Gasteiger partial charge in [-0.25, -0.2) is 14.4 Å². The number of anilines is 2. The highest BCUT2D eigenvalue weighted by molar-refractivity contribution is 6.31. The largest absolute Gasteiger partial charge is 0.273 e. The summed E-state index contributed by atoms with van der Waals surface area (Å²) in [6.07, 6.45) is -1.04. The van der Waals surface area contributed by atoms with Crippen LogP contribution in [-0.4, -0.2) is 17.9 Å². The standard InChI is InChI=1S/C23H16ClFN2O3/c24-14-10-12-15(13-11-14)26-22(28)19-20(17-8-4-5-9-18(17)25)27(30-21(19)23(26)29)16-6-2-1-3-7-16/h1-13,19-21H/t19-,20+,21+/m0/s1. The quantitative estimate of drug-likeness (QED) is 0.582. The van der Waals surface area contributed by atoms with Gasteiger partial charge in [-0.15, -0.1) is 0 Å². The van der Waals surface area contributed by atoms with Crippen molar-refractivity contribution >= 4 is 34.8 Å². The molecule has 0 aromatic heterocycles. The SMILES string of the molecule is O=C1[C@H]2[C@@H](c3ccccc3F)N(c3ccccc3)O[C@H]2C(=O)N1c1ccc(Cl)cc1. The molecule has 0 radical (unpaired) electrons. The predicted molar refractivity (Wildman–Crippen MR) is 110 cm³/mol. The molecule has 2 fully saturated rings. The zero-order valence-electron chi connectivity index (χ0n) is 15.6. The van der Waals surface area contributed by atoms with Crippen molar-refractivity contribution in [3.63, 3.8) is 0 Å². The van der Waals surface area contributed by atoms with Crippen LogP contribution in [0.15, 0.2) is 78.9 Å². The van der Waals surface area contributed by atoms with Gasteiger partial charge in [-0.3, -0.25) is 14.4 Å². The molecule has 3 atom stereocenters. The summed E-state index contributed by atoms with van der Waals surface area (Å²) in [5, 5.41) is 1.97. The first kappa shape index (κ1) is 18.8. The first-order chi connectivity index (χ1) is 14.6. The Morgan fingerprint density at radius 3 is 2.17 bits per heavy atom. The Morgan fingerprint density at radius 2 is 1.47 bits per heavy atom. The van der Waals surface area contributed by atoms with Gasteiger partial charge in [-0.1, -0.05) is 48.0 Å². The minimum absolute atomic E-state index is 0.299. The van der Waals surface area contributed by atoms with Crippen molar-refractivity contribution in [2.45, 2.75) is 12.1 Å². The van der Waals surface area contributed by atoms with E-state index in [0.717, 1.165) is 4.90 Å². The lowest BCUT2D eigenvalue weighted by Gasteiger charge is -2.29. The monoisotopic (exact) mass is 422 g/mol. The molecular formula is C23H16ClFN2O3. The fourth-order valence-electron chi connectivity index (χ4n) is 4.09. The lowest BCUT2D eigenvalue weighted by molar-refractivity contribution is -0.126. The molecule has 2 aliphatic heterocycles. The molecule has 0 bridgehead atoms. The molecule has 2 aliphatic rings. The van der Waals surface area contributed by atoms with Gasteiger partial charge in [0.1, 0.15) is 11.7 Å². The molecule has 3 aromatic rings. The molecule has 2 amide bonds. The van der Waals surface area contributed by atoms with E-state index in [1.807, 2.05) is 18.2 Å². The van der Waals surface area contributed by atoms with Gasteiger partial charge in [0, 0.05) is 10.6 Å². The topological polar surface area (TPSA) is 49.9 Å². The number of carbonyl (C=O) groups is 2. The van der Waals surface area contributed by atoms with Crippen molar-refractivity contribution in [2.75, 3.05) is 9.96 Å². The maximum Gasteiger partial charge on any atom is 0.266 e. The zero-order valence-corrected chi connectivity index (χ0v) is 16.4. The first-order valence-corrected chi connectivity index (χ1v) is 9.83. The van der Waals surface area contributed by atoms with Gasteiger partial charge in [0.15, 0.2) is 6.10 Å². The number of benzene rings is 3. The third-order valence-corrected chi connectivity index (χ3v) is 5.69. The molecular weight excluding hydrogens is 407 g/mol. The maximum absolute atomic E-state index is 14.8. The lowest BCUT2D eigenvalue weighted by atomic mass is 9.90. The summed E-state index contributed by atoms with van der Waals surface area (Å²) >= 11 is 5.93. The predicted octanol–water partition coefficient (Wildman–Crippen LogP) is 4.53. The zero-order chi connectivity index (χ0) is 20.8. The molecule has 30 heavy (non-hydrogen) atoms. The summed E-state index contributed by atoms with van der Waals surface area (Å²) in [6.45, 7) is 0. The van der Waals surface area contributed by atoms with Crippen molar-refractivity contribution in [3.8, 4) is 0 Å². The summed E-state index contributed by atoms with van der Waals surface area (Å²) in [6, 6.07) is 20.9. The first-order valence-electron chi connectivity index (χ1n) is 9.45. The molecule has 2 heterocycles. The van der Waals surface area contributed by atoms with Crippen molar-refractivity contribution in [1.82, 2.24) is 0 Å². The number of nitrogens with zero attached hydrogens (tertiary/aromatic N) is 2. The average molecular weight is 423 g/mol. The summed E-state index contributed by atoms with van der Waals surface area (Å²) in [5.74, 6) is -2.26. The average Bonchev–Trinajstić information content (AvgIpc) is 3.26. The minimum Gasteiger partial charge on any atom is -0.273 e. The van der Waals surface area contributed by atoms with Crippen LogP contribution < -0.4 is 9.96 Å². The Morgan fingerprint density at radius 1 is 0.800 bits per heavy atom. The molecule has 5 rings (SSSR count). The Bertz CT molecular complexity index is 1120. The number of hydrogen-bond acceptors (Lipinski definition) is 4. The second-order valence-corrected chi connectivity index (χ2v) is 7.60. The molecule has 2 saturated heterocycles. The molecule has 0 spiro atoms. The third kappa shape index (κ3) is 2.88. The van der Waals surface area contributed by atoms with Crippen LogP contribution in [0.3, 0.4) is 0 Å². The normalized spacial score (nSPS) is 23.2. The Balaban J connectivity index is 1.60. The summed E-state index contributed by atoms with van der Waals surface area (Å²) in [5.41, 5.74) is 1.35. The van der Waals surface area contributed by atoms with Crippen molar-refractivity contribution in [2.24, 2.45) is 5.92 Å². The van der Waals surface area contributed by atoms with Crippen molar-refractivity contribution in [3.05, 3.63) is 95.3 Å². The number of para-hydroxylation sites is 1. The minimum atomic E-state index is -1.04. The van der Waals surface area contributed by atoms with Gasteiger partial charge in [-0.05, 0) is 42.5 Å². The molecule has 150 valence electrons. The number of fused-ring (bicyclic) bond motifs is 1. The molecule has 0 unspecified atom stereocenters. The van der Waals surface area contributed by atoms with Crippen LogP contribution in [0.1, 0.15) is 11.6 Å². The van der Waals surface area contributed by atoms with Gasteiger partial charge in [-0.2, -0.15) is 0 Å². The van der Waals surface area contributed by atoms with Gasteiger partial charge < -0.3 is 0 Å². The van der Waals surface area contributed by atoms with Crippen LogP contribution in [0, 0.1) is 11.7 Å². The highest BCUT2D eigenvalue weighted by Crippen LogP contribution is 2.48. The number of halogens is 2. The number of rotatable bonds is 3. The number of hydroxylamine groups is 1. The Labute approximate surface area is 177 Å². The van der Waals surface area contributed by atoms with E-state index in [1.165, 1.54) is 11.1 Å². The third-order valence-electron chi connectivity index (χ3n) is 5.43. The van der Waals surface area contributed by atoms with E-state index >= 15 is 0 Å². The van der Waals surface area contributed by atoms with Crippen molar-refractivity contribution < 1.29 is 18.8 Å². The van der Waals surface area contributed by atoms with Crippen LogP contribution in [-0.2, 0) is 14.4 Å². The van der Waals surface area contributed by atoms with E-state index in [2.05, 4.69) is 0 Å². The number of carbonyl (C=O) groups excluding carboxylic acids is 2. The Kier molecular flexibility index (Phi) is 4.53. The summed E-state index contributed by atoms with van der Waals surface area (Å²) in [7, 11) is 0. The van der Waals surface area contributed by atoms with Gasteiger partial charge in [0.05, 0.1) is 17.4 Å². The van der Waals surface area contributed by atoms with Gasteiger partial charge in [0.2, 0.25) is 5.91 Å². The van der Waals surface area contributed by atoms with Crippen LogP contribution >= 0.6 is 11.6 Å². The second kappa shape index (κ2) is 7.23. The fraction of sp³-hybridized carbons (Fsp3) is 0.130. The van der Waals surface area contributed by atoms with Gasteiger partial charge in [0.25, 0.3) is 5.91 Å². The fourth-order valence-corrected chi connectivity index (χ4v) is 4.21. The van der Waals surface area contributed by atoms with Crippen LogP contribution in [0.5, 0.6) is 0 Å². The second-order valence-electron chi connectivity index (χ2n) is 7.17. The van der Waals surface area contributed by atoms with E-state index in [9.17, 15) is 14.0 Å². The van der Waals surface area contributed by atoms with E-state index < -0.39 is 35.7 Å². The lowest BCUT2D eigenvalue weighted by Crippen LogP contribution is -2.37. The van der Waals surface area contributed by atoms with E-state index in [-0.39, 0.29) is 0 Å². The molecule has 3 aromatic carbocycles. The molecule has 0 N–H and O–H groups in total. The maximum atomic E-state index is 14.8. The molecule has 0 aliphatic carbocycles. The summed E-state index contributed by atoms with van der Waals surface area (Å²) < 4.78 is 14.8. The number of amides is 2. The molecule has 7 heteroatoms. The van der Waals surface area contributed by atoms with Crippen LogP contribution in [0.25, 0.3) is 0 Å². The smallest absolute Gasteiger partial charge is 0.266 e. The van der Waals surface area contributed by atoms with Gasteiger partial charge >= 0.3 is 0 Å². The number of hydrogen-bond donors (Lipinski definition) is 0. The van der Waals surface area contributed by atoms with E-state index in [1.54, 1.807) is 54.6 Å². The van der Waals surface area contributed by atoms with E-state index in [0.29, 0.717) is 22.0 Å². The van der Waals surface area contributed by atoms with E-state index in [4.69, 9.17) is 16.4 Å². The van der Waals surface area contributed by atoms with Crippen molar-refractivity contribution in [1.29, 1.82) is 0 Å². The highest BCUT2D eigenvalue weighted by Gasteiger charge is 2.60. The van der Waals surface area contributed by atoms with Crippen LogP contribution in [0.4, 0.5) is 15.8 Å². The molecule has 0 saturated carbocycles. The van der Waals surface area contributed by atoms with Crippen LogP contribution in [0.2, 0.25) is 5.02 Å². The molecule has 5 nitrogen and oxygen atoms in total.